The first-order valence-electron chi connectivity index (χ1n) is 4.15. The number of rotatable bonds is 2. The minimum atomic E-state index is 0.826. The fraction of sp³-hybridized carbons (Fsp3) is 1.00. The maximum absolute atomic E-state index is 3.24. The van der Waals surface area contributed by atoms with Gasteiger partial charge in [-0.2, -0.15) is 23.5 Å². The second kappa shape index (κ2) is 4.63. The molecule has 1 rings (SSSR count). The fourth-order valence-corrected chi connectivity index (χ4v) is 4.16. The standard InChI is InChI=1S/C8H17NS2/c1-6-7(2)11-8(4-9-3)5-10-6/h6-9H,4-5H2,1-3H3. The Morgan fingerprint density at radius 3 is 2.64 bits per heavy atom. The first-order chi connectivity index (χ1) is 5.24. The molecule has 0 aliphatic carbocycles. The molecule has 66 valence electrons. The van der Waals surface area contributed by atoms with Crippen LogP contribution in [0.1, 0.15) is 13.8 Å². The number of hydrogen-bond acceptors (Lipinski definition) is 3. The predicted octanol–water partition coefficient (Wildman–Crippen LogP) is 1.83. The van der Waals surface area contributed by atoms with Crippen LogP contribution in [0.3, 0.4) is 0 Å². The van der Waals surface area contributed by atoms with Crippen LogP contribution in [0.25, 0.3) is 0 Å². The van der Waals surface area contributed by atoms with Crippen molar-refractivity contribution in [2.24, 2.45) is 0 Å². The summed E-state index contributed by atoms with van der Waals surface area (Å²) in [6.07, 6.45) is 0. The van der Waals surface area contributed by atoms with Gasteiger partial charge in [-0.05, 0) is 7.05 Å². The molecule has 1 aliphatic heterocycles. The Labute approximate surface area is 78.1 Å². The van der Waals surface area contributed by atoms with Gasteiger partial charge in [0.15, 0.2) is 0 Å². The van der Waals surface area contributed by atoms with Gasteiger partial charge in [-0.15, -0.1) is 0 Å². The number of nitrogens with one attached hydrogen (secondary N) is 1. The van der Waals surface area contributed by atoms with E-state index < -0.39 is 0 Å². The lowest BCUT2D eigenvalue weighted by Gasteiger charge is -2.30. The van der Waals surface area contributed by atoms with Crippen LogP contribution in [0.4, 0.5) is 0 Å². The molecular weight excluding hydrogens is 174 g/mol. The lowest BCUT2D eigenvalue weighted by molar-refractivity contribution is 0.773. The monoisotopic (exact) mass is 191 g/mol. The molecule has 1 heterocycles. The highest BCUT2D eigenvalue weighted by Crippen LogP contribution is 2.35. The van der Waals surface area contributed by atoms with E-state index >= 15 is 0 Å². The van der Waals surface area contributed by atoms with Gasteiger partial charge in [-0.25, -0.2) is 0 Å². The van der Waals surface area contributed by atoms with Crippen LogP contribution in [0.5, 0.6) is 0 Å². The Balaban J connectivity index is 2.28. The largest absolute Gasteiger partial charge is 0.319 e. The SMILES string of the molecule is CNCC1CSC(C)C(C)S1. The van der Waals surface area contributed by atoms with Gasteiger partial charge in [-0.3, -0.25) is 0 Å². The first-order valence-corrected chi connectivity index (χ1v) is 6.15. The highest BCUT2D eigenvalue weighted by Gasteiger charge is 2.24. The molecule has 3 heteroatoms. The molecule has 0 bridgehead atoms. The molecule has 1 N–H and O–H groups in total. The van der Waals surface area contributed by atoms with Gasteiger partial charge in [0.2, 0.25) is 0 Å². The van der Waals surface area contributed by atoms with Crippen LogP contribution in [-0.2, 0) is 0 Å². The van der Waals surface area contributed by atoms with Crippen LogP contribution < -0.4 is 5.32 Å². The number of thioether (sulfide) groups is 2. The fourth-order valence-electron chi connectivity index (χ4n) is 1.18. The Morgan fingerprint density at radius 2 is 2.09 bits per heavy atom. The van der Waals surface area contributed by atoms with Crippen LogP contribution in [0, 0.1) is 0 Å². The summed E-state index contributed by atoms with van der Waals surface area (Å²) in [5.74, 6) is 1.32. The topological polar surface area (TPSA) is 12.0 Å². The molecule has 3 unspecified atom stereocenters. The Morgan fingerprint density at radius 1 is 1.36 bits per heavy atom. The van der Waals surface area contributed by atoms with Gasteiger partial charge in [0.25, 0.3) is 0 Å². The summed E-state index contributed by atoms with van der Waals surface area (Å²) in [7, 11) is 2.04. The Hall–Kier alpha value is 0.660. The normalized spacial score (nSPS) is 39.0. The zero-order valence-corrected chi connectivity index (χ0v) is 9.10. The van der Waals surface area contributed by atoms with Crippen molar-refractivity contribution in [1.82, 2.24) is 5.32 Å². The predicted molar refractivity (Wildman–Crippen MR) is 56.7 cm³/mol. The molecule has 1 fully saturated rings. The molecule has 0 saturated carbocycles. The molecule has 0 aromatic heterocycles. The van der Waals surface area contributed by atoms with E-state index in [4.69, 9.17) is 0 Å². The van der Waals surface area contributed by atoms with E-state index in [1.54, 1.807) is 0 Å². The van der Waals surface area contributed by atoms with Crippen molar-refractivity contribution in [2.75, 3.05) is 19.3 Å². The molecule has 3 atom stereocenters. The van der Waals surface area contributed by atoms with Crippen molar-refractivity contribution in [1.29, 1.82) is 0 Å². The molecule has 0 aromatic carbocycles. The summed E-state index contributed by atoms with van der Waals surface area (Å²) >= 11 is 4.25. The summed E-state index contributed by atoms with van der Waals surface area (Å²) in [6, 6.07) is 0. The van der Waals surface area contributed by atoms with Crippen molar-refractivity contribution >= 4 is 23.5 Å². The van der Waals surface area contributed by atoms with Crippen molar-refractivity contribution in [3.8, 4) is 0 Å². The van der Waals surface area contributed by atoms with E-state index in [2.05, 4.69) is 42.7 Å². The van der Waals surface area contributed by atoms with Crippen molar-refractivity contribution in [2.45, 2.75) is 29.6 Å². The van der Waals surface area contributed by atoms with Gasteiger partial charge in [-0.1, -0.05) is 13.8 Å². The zero-order chi connectivity index (χ0) is 8.27. The maximum Gasteiger partial charge on any atom is 0.0266 e. The average molecular weight is 191 g/mol. The van der Waals surface area contributed by atoms with Gasteiger partial charge in [0, 0.05) is 28.0 Å². The lowest BCUT2D eigenvalue weighted by atomic mass is 10.4. The summed E-state index contributed by atoms with van der Waals surface area (Å²) in [5, 5.41) is 5.74. The van der Waals surface area contributed by atoms with Crippen LogP contribution in [0.2, 0.25) is 0 Å². The Kier molecular flexibility index (Phi) is 4.10. The van der Waals surface area contributed by atoms with Gasteiger partial charge in [0.1, 0.15) is 0 Å². The minimum Gasteiger partial charge on any atom is -0.319 e. The quantitative estimate of drug-likeness (QED) is 0.715. The highest BCUT2D eigenvalue weighted by atomic mass is 32.2. The summed E-state index contributed by atoms with van der Waals surface area (Å²) in [6.45, 7) is 5.83. The maximum atomic E-state index is 3.24. The molecule has 0 amide bonds. The smallest absolute Gasteiger partial charge is 0.0266 e. The second-order valence-corrected chi connectivity index (χ2v) is 6.15. The van der Waals surface area contributed by atoms with Crippen molar-refractivity contribution < 1.29 is 0 Å². The second-order valence-electron chi connectivity index (χ2n) is 3.06. The third-order valence-electron chi connectivity index (χ3n) is 2.04. The van der Waals surface area contributed by atoms with Gasteiger partial charge < -0.3 is 5.32 Å². The lowest BCUT2D eigenvalue weighted by Crippen LogP contribution is -2.32. The zero-order valence-electron chi connectivity index (χ0n) is 7.46. The third-order valence-corrected chi connectivity index (χ3v) is 5.51. The highest BCUT2D eigenvalue weighted by molar-refractivity contribution is 8.07. The number of hydrogen-bond donors (Lipinski definition) is 1. The summed E-state index contributed by atoms with van der Waals surface area (Å²) in [4.78, 5) is 0. The molecule has 1 saturated heterocycles. The molecule has 1 nitrogen and oxygen atoms in total. The summed E-state index contributed by atoms with van der Waals surface area (Å²) < 4.78 is 0. The van der Waals surface area contributed by atoms with Crippen molar-refractivity contribution in [3.05, 3.63) is 0 Å². The van der Waals surface area contributed by atoms with E-state index in [0.29, 0.717) is 0 Å². The molecule has 11 heavy (non-hydrogen) atoms. The Bertz CT molecular complexity index is 119. The molecule has 0 radical (unpaired) electrons. The van der Waals surface area contributed by atoms with Crippen LogP contribution >= 0.6 is 23.5 Å². The third kappa shape index (κ3) is 2.88. The molecule has 1 aliphatic rings. The van der Waals surface area contributed by atoms with Gasteiger partial charge in [0.05, 0.1) is 0 Å². The van der Waals surface area contributed by atoms with E-state index in [1.165, 1.54) is 5.75 Å². The van der Waals surface area contributed by atoms with Crippen LogP contribution in [-0.4, -0.2) is 35.1 Å². The summed E-state index contributed by atoms with van der Waals surface area (Å²) in [5.41, 5.74) is 0. The molecule has 0 spiro atoms. The minimum absolute atomic E-state index is 0.826. The van der Waals surface area contributed by atoms with E-state index in [1.807, 2.05) is 7.05 Å². The van der Waals surface area contributed by atoms with E-state index in [9.17, 15) is 0 Å². The molecular formula is C8H17NS2. The van der Waals surface area contributed by atoms with E-state index in [0.717, 1.165) is 22.3 Å². The molecule has 0 aromatic rings. The van der Waals surface area contributed by atoms with Crippen LogP contribution in [0.15, 0.2) is 0 Å². The van der Waals surface area contributed by atoms with Gasteiger partial charge >= 0.3 is 0 Å². The first kappa shape index (κ1) is 9.75. The van der Waals surface area contributed by atoms with Crippen molar-refractivity contribution in [3.63, 3.8) is 0 Å². The average Bonchev–Trinajstić information content (AvgIpc) is 1.98. The van der Waals surface area contributed by atoms with E-state index in [-0.39, 0.29) is 0 Å².